The Labute approximate surface area is 173 Å². The van der Waals surface area contributed by atoms with Crippen molar-refractivity contribution in [1.29, 1.82) is 0 Å². The standard InChI is InChI=1S/C23H26F4N2O/c24-19-5-1-16(2-6-19)13-22(7-9-28-10-8-22)15-30-14-20-11-18(23(25,26)27)12-21(29-20)17-3-4-17/h1-2,5-6,11-12,17,28H,3-4,7-10,13-15H2. The molecule has 0 bridgehead atoms. The maximum atomic E-state index is 13.3. The molecule has 1 aromatic carbocycles. The normalized spacial score (nSPS) is 19.1. The summed E-state index contributed by atoms with van der Waals surface area (Å²) >= 11 is 0. The van der Waals surface area contributed by atoms with Gasteiger partial charge in [0.25, 0.3) is 0 Å². The molecule has 1 saturated carbocycles. The molecule has 0 radical (unpaired) electrons. The molecule has 0 amide bonds. The lowest BCUT2D eigenvalue weighted by atomic mass is 9.75. The van der Waals surface area contributed by atoms with Crippen molar-refractivity contribution in [3.05, 3.63) is 64.7 Å². The van der Waals surface area contributed by atoms with Crippen molar-refractivity contribution in [1.82, 2.24) is 10.3 Å². The topological polar surface area (TPSA) is 34.1 Å². The molecule has 2 fully saturated rings. The number of hydrogen-bond acceptors (Lipinski definition) is 3. The van der Waals surface area contributed by atoms with E-state index in [1.165, 1.54) is 18.2 Å². The third-order valence-corrected chi connectivity index (χ3v) is 6.04. The number of hydrogen-bond donors (Lipinski definition) is 1. The molecule has 30 heavy (non-hydrogen) atoms. The van der Waals surface area contributed by atoms with Crippen LogP contribution in [0.15, 0.2) is 36.4 Å². The summed E-state index contributed by atoms with van der Waals surface area (Å²) in [6.45, 7) is 2.21. The molecule has 2 aromatic rings. The number of nitrogens with one attached hydrogen (secondary N) is 1. The van der Waals surface area contributed by atoms with Crippen molar-refractivity contribution in [3.8, 4) is 0 Å². The quantitative estimate of drug-likeness (QED) is 0.619. The lowest BCUT2D eigenvalue weighted by Gasteiger charge is -2.37. The third-order valence-electron chi connectivity index (χ3n) is 6.04. The molecule has 0 spiro atoms. The van der Waals surface area contributed by atoms with Crippen molar-refractivity contribution >= 4 is 0 Å². The van der Waals surface area contributed by atoms with Gasteiger partial charge in [-0.3, -0.25) is 4.98 Å². The van der Waals surface area contributed by atoms with Crippen molar-refractivity contribution < 1.29 is 22.3 Å². The van der Waals surface area contributed by atoms with Gasteiger partial charge in [0, 0.05) is 17.0 Å². The van der Waals surface area contributed by atoms with Crippen LogP contribution < -0.4 is 5.32 Å². The third kappa shape index (κ3) is 5.38. The van der Waals surface area contributed by atoms with E-state index in [4.69, 9.17) is 4.74 Å². The monoisotopic (exact) mass is 422 g/mol. The summed E-state index contributed by atoms with van der Waals surface area (Å²) in [5.41, 5.74) is 1.12. The van der Waals surface area contributed by atoms with E-state index in [2.05, 4.69) is 10.3 Å². The Morgan fingerprint density at radius 1 is 1.07 bits per heavy atom. The van der Waals surface area contributed by atoms with Crippen LogP contribution in [0, 0.1) is 11.2 Å². The summed E-state index contributed by atoms with van der Waals surface area (Å²) in [4.78, 5) is 4.43. The van der Waals surface area contributed by atoms with Crippen LogP contribution in [-0.4, -0.2) is 24.7 Å². The Morgan fingerprint density at radius 3 is 2.40 bits per heavy atom. The van der Waals surface area contributed by atoms with E-state index in [1.807, 2.05) is 0 Å². The molecule has 1 N–H and O–H groups in total. The first-order valence-corrected chi connectivity index (χ1v) is 10.4. The number of ether oxygens (including phenoxy) is 1. The summed E-state index contributed by atoms with van der Waals surface area (Å²) in [5, 5.41) is 3.34. The zero-order valence-electron chi connectivity index (χ0n) is 16.8. The van der Waals surface area contributed by atoms with Gasteiger partial charge >= 0.3 is 6.18 Å². The van der Waals surface area contributed by atoms with Gasteiger partial charge in [-0.25, -0.2) is 4.39 Å². The SMILES string of the molecule is Fc1ccc(CC2(COCc3cc(C(F)(F)F)cc(C4CC4)n3)CCNCC2)cc1. The van der Waals surface area contributed by atoms with Crippen LogP contribution in [0.5, 0.6) is 0 Å². The fourth-order valence-corrected chi connectivity index (χ4v) is 4.17. The van der Waals surface area contributed by atoms with E-state index in [-0.39, 0.29) is 23.8 Å². The summed E-state index contributed by atoms with van der Waals surface area (Å²) in [5.74, 6) is -0.128. The predicted molar refractivity (Wildman–Crippen MR) is 106 cm³/mol. The zero-order chi connectivity index (χ0) is 21.2. The average molecular weight is 422 g/mol. The number of rotatable bonds is 7. The molecule has 1 saturated heterocycles. The highest BCUT2D eigenvalue weighted by Crippen LogP contribution is 2.41. The van der Waals surface area contributed by atoms with E-state index in [0.29, 0.717) is 18.0 Å². The molecular formula is C23H26F4N2O. The Morgan fingerprint density at radius 2 is 1.77 bits per heavy atom. The van der Waals surface area contributed by atoms with Crippen molar-refractivity contribution in [2.24, 2.45) is 5.41 Å². The fourth-order valence-electron chi connectivity index (χ4n) is 4.17. The summed E-state index contributed by atoms with van der Waals surface area (Å²) in [6, 6.07) is 8.75. The summed E-state index contributed by atoms with van der Waals surface area (Å²) < 4.78 is 59.0. The number of benzene rings is 1. The number of pyridine rings is 1. The smallest absolute Gasteiger partial charge is 0.375 e. The zero-order valence-corrected chi connectivity index (χ0v) is 16.8. The van der Waals surface area contributed by atoms with Crippen LogP contribution in [0.2, 0.25) is 0 Å². The lowest BCUT2D eigenvalue weighted by molar-refractivity contribution is -0.137. The van der Waals surface area contributed by atoms with Gasteiger partial charge in [0.05, 0.1) is 24.5 Å². The van der Waals surface area contributed by atoms with Gasteiger partial charge in [0.1, 0.15) is 5.82 Å². The van der Waals surface area contributed by atoms with Crippen molar-refractivity contribution in [2.75, 3.05) is 19.7 Å². The average Bonchev–Trinajstić information content (AvgIpc) is 3.55. The molecular weight excluding hydrogens is 396 g/mol. The number of nitrogens with zero attached hydrogens (tertiary/aromatic N) is 1. The molecule has 1 aliphatic carbocycles. The van der Waals surface area contributed by atoms with Gasteiger partial charge in [-0.1, -0.05) is 12.1 Å². The molecule has 7 heteroatoms. The van der Waals surface area contributed by atoms with E-state index >= 15 is 0 Å². The summed E-state index contributed by atoms with van der Waals surface area (Å²) in [7, 11) is 0. The van der Waals surface area contributed by atoms with Gasteiger partial charge < -0.3 is 10.1 Å². The first-order chi connectivity index (χ1) is 14.3. The Balaban J connectivity index is 1.45. The Kier molecular flexibility index (Phi) is 6.11. The van der Waals surface area contributed by atoms with E-state index in [9.17, 15) is 17.6 Å². The largest absolute Gasteiger partial charge is 0.416 e. The molecule has 0 unspecified atom stereocenters. The van der Waals surface area contributed by atoms with Gasteiger partial charge in [-0.2, -0.15) is 13.2 Å². The number of alkyl halides is 3. The molecule has 1 aliphatic heterocycles. The Hall–Kier alpha value is -1.99. The van der Waals surface area contributed by atoms with Gasteiger partial charge in [-0.05, 0) is 75.0 Å². The first kappa shape index (κ1) is 21.2. The molecule has 2 heterocycles. The number of halogens is 4. The van der Waals surface area contributed by atoms with E-state index in [1.54, 1.807) is 12.1 Å². The number of aromatic nitrogens is 1. The highest BCUT2D eigenvalue weighted by molar-refractivity contribution is 5.28. The maximum Gasteiger partial charge on any atom is 0.416 e. The minimum atomic E-state index is -4.39. The van der Waals surface area contributed by atoms with Crippen LogP contribution in [0.3, 0.4) is 0 Å². The molecule has 2 aliphatic rings. The summed E-state index contributed by atoms with van der Waals surface area (Å²) in [6.07, 6.45) is -0.0648. The lowest BCUT2D eigenvalue weighted by Crippen LogP contribution is -2.41. The van der Waals surface area contributed by atoms with Crippen LogP contribution in [-0.2, 0) is 23.9 Å². The van der Waals surface area contributed by atoms with Gasteiger partial charge in [-0.15, -0.1) is 0 Å². The van der Waals surface area contributed by atoms with Crippen LogP contribution in [0.25, 0.3) is 0 Å². The van der Waals surface area contributed by atoms with E-state index < -0.39 is 11.7 Å². The Bertz CT molecular complexity index is 856. The second kappa shape index (κ2) is 8.63. The van der Waals surface area contributed by atoms with Crippen LogP contribution in [0.1, 0.15) is 54.1 Å². The molecule has 1 aromatic heterocycles. The minimum Gasteiger partial charge on any atom is -0.375 e. The molecule has 162 valence electrons. The second-order valence-corrected chi connectivity index (χ2v) is 8.59. The predicted octanol–water partition coefficient (Wildman–Crippen LogP) is 5.25. The first-order valence-electron chi connectivity index (χ1n) is 10.4. The fraction of sp³-hybridized carbons (Fsp3) is 0.522. The van der Waals surface area contributed by atoms with Crippen molar-refractivity contribution in [3.63, 3.8) is 0 Å². The highest BCUT2D eigenvalue weighted by atomic mass is 19.4. The van der Waals surface area contributed by atoms with E-state index in [0.717, 1.165) is 56.8 Å². The second-order valence-electron chi connectivity index (χ2n) is 8.59. The number of piperidine rings is 1. The minimum absolute atomic E-state index is 0.0578. The molecule has 4 rings (SSSR count). The van der Waals surface area contributed by atoms with Crippen molar-refractivity contribution in [2.45, 2.75) is 50.8 Å². The maximum absolute atomic E-state index is 13.3. The van der Waals surface area contributed by atoms with Crippen LogP contribution >= 0.6 is 0 Å². The van der Waals surface area contributed by atoms with Crippen LogP contribution in [0.4, 0.5) is 17.6 Å². The van der Waals surface area contributed by atoms with Gasteiger partial charge in [0.2, 0.25) is 0 Å². The molecule has 0 atom stereocenters. The van der Waals surface area contributed by atoms with Gasteiger partial charge in [0.15, 0.2) is 0 Å². The highest BCUT2D eigenvalue weighted by Gasteiger charge is 2.35. The molecule has 3 nitrogen and oxygen atoms in total.